The van der Waals surface area contributed by atoms with Crippen LogP contribution in [0.4, 0.5) is 0 Å². The van der Waals surface area contributed by atoms with Crippen molar-refractivity contribution in [3.8, 4) is 0 Å². The molecular formula is C23H36N6O7. The molecule has 0 radical (unpaired) electrons. The minimum atomic E-state index is -1.51. The standard InChI is InChI=1S/C23H36N6O7/c24-11-5-4-8-15(25)20(32)28-17(12-14-6-2-1-3-7-14)21(33)29-18(13-30)22(34)27-16(23(35)36)9-10-19(26)31/h1-3,6-7,15-18,30H,4-5,8-13,24-25H2,(H2,26,31)(H,27,34)(H,28,32)(H,29,33)(H,35,36). The molecule has 13 nitrogen and oxygen atoms in total. The Labute approximate surface area is 209 Å². The maximum Gasteiger partial charge on any atom is 0.326 e. The van der Waals surface area contributed by atoms with Crippen molar-refractivity contribution in [2.75, 3.05) is 13.2 Å². The molecule has 4 atom stereocenters. The SMILES string of the molecule is NCCCCC(N)C(=O)NC(Cc1ccccc1)C(=O)NC(CO)C(=O)NC(CCC(N)=O)C(=O)O. The van der Waals surface area contributed by atoms with Gasteiger partial charge in [0.1, 0.15) is 18.1 Å². The summed E-state index contributed by atoms with van der Waals surface area (Å²) in [5.41, 5.74) is 17.1. The number of carboxylic acid groups (broad SMARTS) is 1. The molecule has 36 heavy (non-hydrogen) atoms. The van der Waals surface area contributed by atoms with Crippen molar-refractivity contribution < 1.29 is 34.2 Å². The molecule has 11 N–H and O–H groups in total. The third kappa shape index (κ3) is 11.3. The minimum absolute atomic E-state index is 0.0735. The third-order valence-electron chi connectivity index (χ3n) is 5.33. The lowest BCUT2D eigenvalue weighted by molar-refractivity contribution is -0.143. The fourth-order valence-corrected chi connectivity index (χ4v) is 3.26. The summed E-state index contributed by atoms with van der Waals surface area (Å²) < 4.78 is 0. The first-order valence-corrected chi connectivity index (χ1v) is 11.6. The van der Waals surface area contributed by atoms with Crippen LogP contribution in [-0.2, 0) is 30.4 Å². The van der Waals surface area contributed by atoms with Crippen molar-refractivity contribution in [2.24, 2.45) is 17.2 Å². The molecular weight excluding hydrogens is 472 g/mol. The summed E-state index contributed by atoms with van der Waals surface area (Å²) in [5, 5.41) is 26.0. The average Bonchev–Trinajstić information content (AvgIpc) is 2.84. The van der Waals surface area contributed by atoms with Crippen LogP contribution in [0.15, 0.2) is 30.3 Å². The van der Waals surface area contributed by atoms with Crippen molar-refractivity contribution in [2.45, 2.75) is 62.7 Å². The molecule has 200 valence electrons. The minimum Gasteiger partial charge on any atom is -0.480 e. The number of nitrogens with one attached hydrogen (secondary N) is 3. The highest BCUT2D eigenvalue weighted by molar-refractivity contribution is 5.94. The van der Waals surface area contributed by atoms with Gasteiger partial charge in [0, 0.05) is 12.8 Å². The van der Waals surface area contributed by atoms with Crippen LogP contribution in [-0.4, -0.2) is 77.1 Å². The third-order valence-corrected chi connectivity index (χ3v) is 5.33. The van der Waals surface area contributed by atoms with Gasteiger partial charge in [0.25, 0.3) is 0 Å². The largest absolute Gasteiger partial charge is 0.480 e. The van der Waals surface area contributed by atoms with E-state index in [0.717, 1.165) is 5.56 Å². The number of unbranched alkanes of at least 4 members (excludes halogenated alkanes) is 1. The van der Waals surface area contributed by atoms with Crippen LogP contribution in [0, 0.1) is 0 Å². The van der Waals surface area contributed by atoms with Crippen molar-refractivity contribution >= 4 is 29.6 Å². The molecule has 13 heteroatoms. The van der Waals surface area contributed by atoms with Crippen molar-refractivity contribution in [3.63, 3.8) is 0 Å². The lowest BCUT2D eigenvalue weighted by Gasteiger charge is -2.24. The Kier molecular flexibility index (Phi) is 13.7. The summed E-state index contributed by atoms with van der Waals surface area (Å²) in [6.07, 6.45) is 1.21. The number of aliphatic hydroxyl groups excluding tert-OH is 1. The number of aliphatic carboxylic acids is 1. The number of carboxylic acids is 1. The van der Waals surface area contributed by atoms with Gasteiger partial charge in [0.2, 0.25) is 23.6 Å². The number of rotatable bonds is 17. The van der Waals surface area contributed by atoms with Crippen LogP contribution >= 0.6 is 0 Å². The molecule has 1 aromatic carbocycles. The van der Waals surface area contributed by atoms with Gasteiger partial charge < -0.3 is 43.4 Å². The zero-order valence-corrected chi connectivity index (χ0v) is 20.0. The molecule has 0 aliphatic heterocycles. The molecule has 0 aliphatic carbocycles. The second-order valence-electron chi connectivity index (χ2n) is 8.29. The van der Waals surface area contributed by atoms with Gasteiger partial charge in [0.15, 0.2) is 0 Å². The number of hydrogen-bond acceptors (Lipinski definition) is 8. The Morgan fingerprint density at radius 2 is 1.42 bits per heavy atom. The van der Waals surface area contributed by atoms with E-state index in [1.807, 2.05) is 0 Å². The molecule has 0 spiro atoms. The van der Waals surface area contributed by atoms with Crippen molar-refractivity contribution in [1.29, 1.82) is 0 Å². The molecule has 4 unspecified atom stereocenters. The van der Waals surface area contributed by atoms with E-state index in [2.05, 4.69) is 16.0 Å². The summed E-state index contributed by atoms with van der Waals surface area (Å²) in [6.45, 7) is -0.381. The molecule has 0 saturated heterocycles. The van der Waals surface area contributed by atoms with Gasteiger partial charge in [-0.3, -0.25) is 19.2 Å². The molecule has 0 saturated carbocycles. The van der Waals surface area contributed by atoms with Crippen LogP contribution in [0.3, 0.4) is 0 Å². The molecule has 4 amide bonds. The van der Waals surface area contributed by atoms with E-state index >= 15 is 0 Å². The van der Waals surface area contributed by atoms with Crippen LogP contribution < -0.4 is 33.2 Å². The van der Waals surface area contributed by atoms with E-state index in [1.165, 1.54) is 0 Å². The van der Waals surface area contributed by atoms with Gasteiger partial charge in [-0.1, -0.05) is 36.8 Å². The molecule has 0 heterocycles. The van der Waals surface area contributed by atoms with Gasteiger partial charge in [-0.15, -0.1) is 0 Å². The highest BCUT2D eigenvalue weighted by Crippen LogP contribution is 2.06. The second kappa shape index (κ2) is 16.2. The Hall–Kier alpha value is -3.55. The van der Waals surface area contributed by atoms with E-state index < -0.39 is 60.4 Å². The van der Waals surface area contributed by atoms with Crippen LogP contribution in [0.5, 0.6) is 0 Å². The molecule has 0 bridgehead atoms. The van der Waals surface area contributed by atoms with Crippen molar-refractivity contribution in [3.05, 3.63) is 35.9 Å². The summed E-state index contributed by atoms with van der Waals surface area (Å²) >= 11 is 0. The number of primary amides is 1. The number of hydrogen-bond donors (Lipinski definition) is 8. The lowest BCUT2D eigenvalue weighted by atomic mass is 10.0. The molecule has 0 fully saturated rings. The maximum atomic E-state index is 13.0. The second-order valence-corrected chi connectivity index (χ2v) is 8.29. The van der Waals surface area contributed by atoms with Crippen LogP contribution in [0.1, 0.15) is 37.7 Å². The van der Waals surface area contributed by atoms with Gasteiger partial charge >= 0.3 is 5.97 Å². The zero-order chi connectivity index (χ0) is 27.1. The Morgan fingerprint density at radius 3 is 1.97 bits per heavy atom. The highest BCUT2D eigenvalue weighted by atomic mass is 16.4. The number of amides is 4. The smallest absolute Gasteiger partial charge is 0.326 e. The normalized spacial score (nSPS) is 14.1. The monoisotopic (exact) mass is 508 g/mol. The lowest BCUT2D eigenvalue weighted by Crippen LogP contribution is -2.58. The predicted octanol–water partition coefficient (Wildman–Crippen LogP) is -2.52. The average molecular weight is 509 g/mol. The van der Waals surface area contributed by atoms with E-state index in [1.54, 1.807) is 30.3 Å². The maximum absolute atomic E-state index is 13.0. The quantitative estimate of drug-likeness (QED) is 0.103. The van der Waals surface area contributed by atoms with E-state index in [-0.39, 0.29) is 19.3 Å². The fourth-order valence-electron chi connectivity index (χ4n) is 3.26. The number of carbonyl (C=O) groups is 5. The Bertz CT molecular complexity index is 883. The summed E-state index contributed by atoms with van der Waals surface area (Å²) in [4.78, 5) is 60.5. The van der Waals surface area contributed by atoms with E-state index in [9.17, 15) is 34.2 Å². The van der Waals surface area contributed by atoms with Crippen LogP contribution in [0.2, 0.25) is 0 Å². The van der Waals surface area contributed by atoms with Gasteiger partial charge in [-0.2, -0.15) is 0 Å². The zero-order valence-electron chi connectivity index (χ0n) is 20.0. The van der Waals surface area contributed by atoms with E-state index in [0.29, 0.717) is 25.8 Å². The van der Waals surface area contributed by atoms with Gasteiger partial charge in [-0.25, -0.2) is 4.79 Å². The topological polar surface area (TPSA) is 240 Å². The molecule has 1 rings (SSSR count). The first-order chi connectivity index (χ1) is 17.1. The number of aliphatic hydroxyl groups is 1. The first-order valence-electron chi connectivity index (χ1n) is 11.6. The Morgan fingerprint density at radius 1 is 0.833 bits per heavy atom. The summed E-state index contributed by atoms with van der Waals surface area (Å²) in [5.74, 6) is -4.48. The number of benzene rings is 1. The van der Waals surface area contributed by atoms with Crippen LogP contribution in [0.25, 0.3) is 0 Å². The first kappa shape index (κ1) is 30.5. The summed E-state index contributed by atoms with van der Waals surface area (Å²) in [6, 6.07) is 3.82. The molecule has 0 aliphatic rings. The summed E-state index contributed by atoms with van der Waals surface area (Å²) in [7, 11) is 0. The van der Waals surface area contributed by atoms with Gasteiger partial charge in [-0.05, 0) is 31.4 Å². The molecule has 0 aromatic heterocycles. The predicted molar refractivity (Wildman–Crippen MR) is 130 cm³/mol. The van der Waals surface area contributed by atoms with Crippen molar-refractivity contribution in [1.82, 2.24) is 16.0 Å². The van der Waals surface area contributed by atoms with Gasteiger partial charge in [0.05, 0.1) is 12.6 Å². The fraction of sp³-hybridized carbons (Fsp3) is 0.522. The molecule has 1 aromatic rings. The Balaban J connectivity index is 2.93. The number of carbonyl (C=O) groups excluding carboxylic acids is 4. The highest BCUT2D eigenvalue weighted by Gasteiger charge is 2.30. The number of nitrogens with two attached hydrogens (primary N) is 3. The van der Waals surface area contributed by atoms with E-state index in [4.69, 9.17) is 17.2 Å².